The summed E-state index contributed by atoms with van der Waals surface area (Å²) in [6, 6.07) is 24.9. The van der Waals surface area contributed by atoms with Gasteiger partial charge in [-0.05, 0) is 48.7 Å². The lowest BCUT2D eigenvalue weighted by molar-refractivity contribution is -0.118. The van der Waals surface area contributed by atoms with Gasteiger partial charge in [-0.3, -0.25) is 14.9 Å². The maximum Gasteiger partial charge on any atom is 0.286 e. The van der Waals surface area contributed by atoms with Crippen molar-refractivity contribution in [2.45, 2.75) is 24.7 Å². The number of amides is 2. The molecule has 7 nitrogen and oxygen atoms in total. The van der Waals surface area contributed by atoms with E-state index in [2.05, 4.69) is 10.3 Å². The van der Waals surface area contributed by atoms with E-state index in [9.17, 15) is 14.7 Å². The predicted molar refractivity (Wildman–Crippen MR) is 141 cm³/mol. The van der Waals surface area contributed by atoms with Gasteiger partial charge in [0.05, 0.1) is 5.25 Å². The molecule has 3 heterocycles. The first-order valence-electron chi connectivity index (χ1n) is 11.8. The number of thioether (sulfide) groups is 1. The highest BCUT2D eigenvalue weighted by molar-refractivity contribution is 8.15. The van der Waals surface area contributed by atoms with Gasteiger partial charge in [-0.2, -0.15) is 0 Å². The molecule has 2 unspecified atom stereocenters. The Balaban J connectivity index is 1.44. The van der Waals surface area contributed by atoms with Gasteiger partial charge in [0.25, 0.3) is 5.24 Å². The first kappa shape index (κ1) is 23.3. The Labute approximate surface area is 216 Å². The Kier molecular flexibility index (Phi) is 5.90. The number of aromatic nitrogens is 1. The van der Waals surface area contributed by atoms with E-state index >= 15 is 0 Å². The highest BCUT2D eigenvalue weighted by Gasteiger charge is 2.32. The third-order valence-electron chi connectivity index (χ3n) is 6.39. The van der Waals surface area contributed by atoms with Gasteiger partial charge in [-0.25, -0.2) is 4.98 Å². The molecule has 1 fully saturated rings. The Bertz CT molecular complexity index is 1620. The number of nitrogens with one attached hydrogen (secondary N) is 1. The van der Waals surface area contributed by atoms with Crippen molar-refractivity contribution in [1.82, 2.24) is 10.3 Å². The van der Waals surface area contributed by atoms with E-state index < -0.39 is 11.4 Å². The molecule has 2 atom stereocenters. The summed E-state index contributed by atoms with van der Waals surface area (Å²) >= 11 is 1.00. The predicted octanol–water partition coefficient (Wildman–Crippen LogP) is 6.04. The van der Waals surface area contributed by atoms with Gasteiger partial charge in [-0.15, -0.1) is 0 Å². The molecule has 5 aromatic rings. The van der Waals surface area contributed by atoms with Gasteiger partial charge >= 0.3 is 0 Å². The maximum absolute atomic E-state index is 12.1. The number of hydrogen-bond acceptors (Lipinski definition) is 7. The number of carbonyl (C=O) groups excluding carboxylic acids is 2. The van der Waals surface area contributed by atoms with E-state index in [0.717, 1.165) is 39.4 Å². The van der Waals surface area contributed by atoms with Crippen LogP contribution in [0.4, 0.5) is 4.79 Å². The molecule has 1 aliphatic heterocycles. The molecule has 8 heteroatoms. The minimum absolute atomic E-state index is 0.280. The fourth-order valence-corrected chi connectivity index (χ4v) is 5.48. The SMILES string of the molecule is Cc1oc(-c2ccccc2)nc1C(O)c1oc2ccc(CC3SC(=O)NC3=O)cc2c1-c1ccccc1. The van der Waals surface area contributed by atoms with Gasteiger partial charge in [0.2, 0.25) is 11.8 Å². The highest BCUT2D eigenvalue weighted by Crippen LogP contribution is 2.41. The molecule has 3 aromatic carbocycles. The van der Waals surface area contributed by atoms with Crippen LogP contribution in [0.3, 0.4) is 0 Å². The van der Waals surface area contributed by atoms with E-state index in [1.54, 1.807) is 6.92 Å². The minimum atomic E-state index is -1.17. The van der Waals surface area contributed by atoms with Crippen molar-refractivity contribution in [2.24, 2.45) is 0 Å². The van der Waals surface area contributed by atoms with Gasteiger partial charge in [0.1, 0.15) is 22.8 Å². The molecule has 0 saturated carbocycles. The molecule has 2 amide bonds. The van der Waals surface area contributed by atoms with Crippen LogP contribution in [0.15, 0.2) is 87.7 Å². The van der Waals surface area contributed by atoms with Crippen LogP contribution in [0, 0.1) is 6.92 Å². The van der Waals surface area contributed by atoms with Crippen molar-refractivity contribution < 1.29 is 23.5 Å². The van der Waals surface area contributed by atoms with E-state index in [1.165, 1.54) is 0 Å². The fourth-order valence-electron chi connectivity index (χ4n) is 4.62. The third kappa shape index (κ3) is 4.34. The summed E-state index contributed by atoms with van der Waals surface area (Å²) < 4.78 is 12.1. The maximum atomic E-state index is 12.1. The molecule has 0 spiro atoms. The summed E-state index contributed by atoms with van der Waals surface area (Å²) in [5.74, 6) is 1.00. The van der Waals surface area contributed by atoms with Crippen LogP contribution in [0.2, 0.25) is 0 Å². The van der Waals surface area contributed by atoms with E-state index in [0.29, 0.717) is 35.1 Å². The zero-order chi connectivity index (χ0) is 25.5. The summed E-state index contributed by atoms with van der Waals surface area (Å²) in [5, 5.41) is 13.9. The number of carbonyl (C=O) groups is 2. The Morgan fingerprint density at radius 1 is 0.973 bits per heavy atom. The fraction of sp³-hybridized carbons (Fsp3) is 0.138. The molecule has 0 aliphatic carbocycles. The average Bonchev–Trinajstić information content (AvgIpc) is 3.58. The van der Waals surface area contributed by atoms with Crippen molar-refractivity contribution in [3.05, 3.63) is 102 Å². The molecule has 2 N–H and O–H groups in total. The third-order valence-corrected chi connectivity index (χ3v) is 7.37. The summed E-state index contributed by atoms with van der Waals surface area (Å²) in [4.78, 5) is 28.3. The summed E-state index contributed by atoms with van der Waals surface area (Å²) in [6.07, 6.45) is -0.765. The molecule has 1 saturated heterocycles. The van der Waals surface area contributed by atoms with Gasteiger partial charge in [0, 0.05) is 16.5 Å². The lowest BCUT2D eigenvalue weighted by atomic mass is 9.97. The second-order valence-corrected chi connectivity index (χ2v) is 10.0. The number of benzene rings is 3. The van der Waals surface area contributed by atoms with Crippen molar-refractivity contribution in [1.29, 1.82) is 0 Å². The average molecular weight is 511 g/mol. The quantitative estimate of drug-likeness (QED) is 0.287. The number of imide groups is 1. The number of aryl methyl sites for hydroxylation is 1. The van der Waals surface area contributed by atoms with Crippen LogP contribution in [-0.4, -0.2) is 26.5 Å². The summed E-state index contributed by atoms with van der Waals surface area (Å²) in [7, 11) is 0. The second-order valence-electron chi connectivity index (χ2n) is 8.85. The molecular formula is C29H22N2O5S. The number of aliphatic hydroxyl groups is 1. The number of rotatable bonds is 6. The first-order chi connectivity index (χ1) is 18.0. The van der Waals surface area contributed by atoms with Gasteiger partial charge in [-0.1, -0.05) is 66.4 Å². The van der Waals surface area contributed by atoms with Crippen LogP contribution >= 0.6 is 11.8 Å². The van der Waals surface area contributed by atoms with Crippen molar-refractivity contribution >= 4 is 33.9 Å². The second kappa shape index (κ2) is 9.38. The lowest BCUT2D eigenvalue weighted by Gasteiger charge is -2.09. The number of furan rings is 1. The minimum Gasteiger partial charge on any atom is -0.457 e. The number of nitrogens with zero attached hydrogens (tertiary/aromatic N) is 1. The smallest absolute Gasteiger partial charge is 0.286 e. The number of oxazole rings is 1. The number of fused-ring (bicyclic) bond motifs is 1. The normalized spacial score (nSPS) is 16.3. The number of hydrogen-bond donors (Lipinski definition) is 2. The molecule has 1 aliphatic rings. The molecule has 0 bridgehead atoms. The zero-order valence-corrected chi connectivity index (χ0v) is 20.6. The first-order valence-corrected chi connectivity index (χ1v) is 12.7. The van der Waals surface area contributed by atoms with Crippen LogP contribution in [0.25, 0.3) is 33.6 Å². The van der Waals surface area contributed by atoms with E-state index in [1.807, 2.05) is 78.9 Å². The molecule has 0 radical (unpaired) electrons. The monoisotopic (exact) mass is 510 g/mol. The van der Waals surface area contributed by atoms with Crippen LogP contribution in [0.5, 0.6) is 0 Å². The van der Waals surface area contributed by atoms with Crippen LogP contribution in [-0.2, 0) is 11.2 Å². The Morgan fingerprint density at radius 2 is 1.68 bits per heavy atom. The lowest BCUT2D eigenvalue weighted by Crippen LogP contribution is -2.25. The largest absolute Gasteiger partial charge is 0.457 e. The topological polar surface area (TPSA) is 106 Å². The van der Waals surface area contributed by atoms with Crippen molar-refractivity contribution in [3.8, 4) is 22.6 Å². The molecule has 6 rings (SSSR count). The Hall–Kier alpha value is -4.14. The molecule has 2 aromatic heterocycles. The van der Waals surface area contributed by atoms with Crippen LogP contribution < -0.4 is 5.32 Å². The zero-order valence-electron chi connectivity index (χ0n) is 19.8. The van der Waals surface area contributed by atoms with E-state index in [4.69, 9.17) is 8.83 Å². The van der Waals surface area contributed by atoms with Crippen molar-refractivity contribution in [2.75, 3.05) is 0 Å². The van der Waals surface area contributed by atoms with Gasteiger partial charge in [0.15, 0.2) is 6.10 Å². The highest BCUT2D eigenvalue weighted by atomic mass is 32.2. The Morgan fingerprint density at radius 3 is 2.35 bits per heavy atom. The molecule has 184 valence electrons. The number of aliphatic hydroxyl groups excluding tert-OH is 1. The molecule has 37 heavy (non-hydrogen) atoms. The summed E-state index contributed by atoms with van der Waals surface area (Å²) in [5.41, 5.74) is 4.30. The van der Waals surface area contributed by atoms with Gasteiger partial charge < -0.3 is 13.9 Å². The standard InChI is InChI=1S/C29H22N2O5S/c1-16-24(30-28(35-16)19-10-6-3-7-11-19)25(32)26-23(18-8-4-2-5-9-18)20-14-17(12-13-21(20)36-26)15-22-27(33)31-29(34)37-22/h2-14,22,25,32H,15H2,1H3,(H,31,33,34). The molecular weight excluding hydrogens is 488 g/mol. The van der Waals surface area contributed by atoms with Crippen molar-refractivity contribution in [3.63, 3.8) is 0 Å². The van der Waals surface area contributed by atoms with Crippen LogP contribution in [0.1, 0.15) is 28.9 Å². The van der Waals surface area contributed by atoms with E-state index in [-0.39, 0.29) is 11.1 Å². The summed E-state index contributed by atoms with van der Waals surface area (Å²) in [6.45, 7) is 1.77.